The molecule has 0 aliphatic rings. The lowest BCUT2D eigenvalue weighted by molar-refractivity contribution is 0.329. The number of aromatic amines is 1. The van der Waals surface area contributed by atoms with Crippen molar-refractivity contribution in [2.45, 2.75) is 0 Å². The number of ether oxygens (including phenoxy) is 2. The van der Waals surface area contributed by atoms with E-state index in [1.54, 1.807) is 19.3 Å². The van der Waals surface area contributed by atoms with Crippen molar-refractivity contribution in [1.29, 1.82) is 5.26 Å². The first-order chi connectivity index (χ1) is 12.7. The number of fused-ring (bicyclic) bond motifs is 1. The van der Waals surface area contributed by atoms with Crippen molar-refractivity contribution in [1.82, 2.24) is 9.97 Å². The molecule has 26 heavy (non-hydrogen) atoms. The summed E-state index contributed by atoms with van der Waals surface area (Å²) in [5.74, 6) is 3.96. The number of para-hydroxylation sites is 2. The molecule has 0 aliphatic carbocycles. The Morgan fingerprint density at radius 2 is 2.19 bits per heavy atom. The summed E-state index contributed by atoms with van der Waals surface area (Å²) in [5.41, 5.74) is 2.85. The van der Waals surface area contributed by atoms with E-state index in [2.05, 4.69) is 37.9 Å². The van der Waals surface area contributed by atoms with Crippen LogP contribution in [0.4, 0.5) is 0 Å². The van der Waals surface area contributed by atoms with Crippen molar-refractivity contribution in [3.8, 4) is 29.9 Å². The predicted molar refractivity (Wildman–Crippen MR) is 105 cm³/mol. The van der Waals surface area contributed by atoms with E-state index in [4.69, 9.17) is 15.9 Å². The van der Waals surface area contributed by atoms with E-state index >= 15 is 0 Å². The zero-order valence-electron chi connectivity index (χ0n) is 13.9. The smallest absolute Gasteiger partial charge is 0.176 e. The quantitative estimate of drug-likeness (QED) is 0.502. The van der Waals surface area contributed by atoms with E-state index in [9.17, 15) is 5.26 Å². The summed E-state index contributed by atoms with van der Waals surface area (Å²) < 4.78 is 11.6. The van der Waals surface area contributed by atoms with Gasteiger partial charge in [0.2, 0.25) is 0 Å². The second-order valence-electron chi connectivity index (χ2n) is 5.30. The summed E-state index contributed by atoms with van der Waals surface area (Å²) in [6.45, 7) is 0.132. The maximum Gasteiger partial charge on any atom is 0.176 e. The van der Waals surface area contributed by atoms with Crippen LogP contribution in [0.2, 0.25) is 0 Å². The maximum absolute atomic E-state index is 9.56. The molecule has 3 rings (SSSR count). The third kappa shape index (κ3) is 3.56. The number of hydrogen-bond donors (Lipinski definition) is 1. The number of hydrogen-bond acceptors (Lipinski definition) is 4. The first-order valence-electron chi connectivity index (χ1n) is 7.67. The van der Waals surface area contributed by atoms with Crippen LogP contribution in [0.5, 0.6) is 11.5 Å². The van der Waals surface area contributed by atoms with Crippen molar-refractivity contribution < 1.29 is 9.47 Å². The molecule has 1 N–H and O–H groups in total. The molecular formula is C20H14BrN3O2. The van der Waals surface area contributed by atoms with Gasteiger partial charge in [0, 0.05) is 0 Å². The zero-order chi connectivity index (χ0) is 18.5. The largest absolute Gasteiger partial charge is 0.493 e. The lowest BCUT2D eigenvalue weighted by atomic mass is 10.1. The normalized spacial score (nSPS) is 11.0. The van der Waals surface area contributed by atoms with Crippen LogP contribution in [0, 0.1) is 23.7 Å². The van der Waals surface area contributed by atoms with Crippen LogP contribution in [0.1, 0.15) is 11.4 Å². The van der Waals surface area contributed by atoms with Gasteiger partial charge in [0.05, 0.1) is 28.2 Å². The number of rotatable bonds is 5. The van der Waals surface area contributed by atoms with Crippen LogP contribution in [0.15, 0.2) is 40.9 Å². The molecule has 1 aromatic heterocycles. The summed E-state index contributed by atoms with van der Waals surface area (Å²) in [6, 6.07) is 13.4. The van der Waals surface area contributed by atoms with Crippen molar-refractivity contribution >= 4 is 38.6 Å². The number of halogens is 1. The molecule has 0 saturated heterocycles. The summed E-state index contributed by atoms with van der Waals surface area (Å²) in [4.78, 5) is 7.62. The van der Waals surface area contributed by atoms with Crippen molar-refractivity contribution in [3.63, 3.8) is 0 Å². The van der Waals surface area contributed by atoms with Crippen molar-refractivity contribution in [3.05, 3.63) is 52.3 Å². The Morgan fingerprint density at radius 1 is 1.38 bits per heavy atom. The monoisotopic (exact) mass is 407 g/mol. The highest BCUT2D eigenvalue weighted by atomic mass is 79.9. The molecule has 0 bridgehead atoms. The van der Waals surface area contributed by atoms with Crippen LogP contribution in [0.3, 0.4) is 0 Å². The van der Waals surface area contributed by atoms with E-state index in [0.29, 0.717) is 27.4 Å². The second-order valence-corrected chi connectivity index (χ2v) is 6.15. The highest BCUT2D eigenvalue weighted by molar-refractivity contribution is 9.10. The Morgan fingerprint density at radius 3 is 2.88 bits per heavy atom. The van der Waals surface area contributed by atoms with Gasteiger partial charge in [-0.2, -0.15) is 5.26 Å². The molecule has 2 aromatic carbocycles. The number of benzene rings is 2. The molecule has 128 valence electrons. The molecule has 5 nitrogen and oxygen atoms in total. The fourth-order valence-electron chi connectivity index (χ4n) is 2.48. The first kappa shape index (κ1) is 17.6. The number of nitrogens with one attached hydrogen (secondary N) is 1. The third-order valence-electron chi connectivity index (χ3n) is 3.63. The topological polar surface area (TPSA) is 70.9 Å². The molecule has 0 fully saturated rings. The summed E-state index contributed by atoms with van der Waals surface area (Å²) in [5, 5.41) is 9.56. The highest BCUT2D eigenvalue weighted by Gasteiger charge is 2.13. The lowest BCUT2D eigenvalue weighted by Crippen LogP contribution is -1.98. The molecule has 1 heterocycles. The molecule has 0 unspecified atom stereocenters. The van der Waals surface area contributed by atoms with Gasteiger partial charge in [0.1, 0.15) is 18.5 Å². The molecular weight excluding hydrogens is 394 g/mol. The number of nitriles is 1. The Kier molecular flexibility index (Phi) is 5.26. The van der Waals surface area contributed by atoms with Gasteiger partial charge in [-0.3, -0.25) is 0 Å². The summed E-state index contributed by atoms with van der Waals surface area (Å²) in [6.07, 6.45) is 6.97. The summed E-state index contributed by atoms with van der Waals surface area (Å²) in [7, 11) is 1.54. The zero-order valence-corrected chi connectivity index (χ0v) is 15.5. The van der Waals surface area contributed by atoms with Gasteiger partial charge in [-0.05, 0) is 51.8 Å². The predicted octanol–water partition coefficient (Wildman–Crippen LogP) is 4.41. The molecule has 0 saturated carbocycles. The standard InChI is InChI=1S/C20H14BrN3O2/c1-3-8-26-19-15(21)10-13(11-18(19)25-2)9-14(12-22)20-23-16-6-4-5-7-17(16)24-20/h1,4-7,9-11H,8H2,2H3,(H,23,24)/b14-9+. The number of imidazole rings is 1. The molecule has 0 aliphatic heterocycles. The van der Waals surface area contributed by atoms with Gasteiger partial charge in [-0.1, -0.05) is 18.1 Å². The highest BCUT2D eigenvalue weighted by Crippen LogP contribution is 2.37. The van der Waals surface area contributed by atoms with Crippen LogP contribution in [-0.2, 0) is 0 Å². The number of allylic oxidation sites excluding steroid dienone is 1. The fraction of sp³-hybridized carbons (Fsp3) is 0.100. The Hall–Kier alpha value is -3.22. The average Bonchev–Trinajstić information content (AvgIpc) is 3.08. The van der Waals surface area contributed by atoms with Gasteiger partial charge in [-0.15, -0.1) is 6.42 Å². The van der Waals surface area contributed by atoms with E-state index < -0.39 is 0 Å². The van der Waals surface area contributed by atoms with E-state index in [0.717, 1.165) is 16.6 Å². The van der Waals surface area contributed by atoms with Crippen LogP contribution in [-0.4, -0.2) is 23.7 Å². The summed E-state index contributed by atoms with van der Waals surface area (Å²) >= 11 is 3.46. The molecule has 6 heteroatoms. The number of H-pyrrole nitrogens is 1. The minimum atomic E-state index is 0.132. The minimum Gasteiger partial charge on any atom is -0.493 e. The first-order valence-corrected chi connectivity index (χ1v) is 8.46. The maximum atomic E-state index is 9.56. The van der Waals surface area contributed by atoms with Crippen molar-refractivity contribution in [2.75, 3.05) is 13.7 Å². The number of aromatic nitrogens is 2. The molecule has 3 aromatic rings. The Balaban J connectivity index is 2.03. The number of methoxy groups -OCH3 is 1. The minimum absolute atomic E-state index is 0.132. The van der Waals surface area contributed by atoms with E-state index in [1.807, 2.05) is 30.3 Å². The number of terminal acetylenes is 1. The van der Waals surface area contributed by atoms with Gasteiger partial charge < -0.3 is 14.5 Å². The van der Waals surface area contributed by atoms with Gasteiger partial charge in [0.25, 0.3) is 0 Å². The van der Waals surface area contributed by atoms with Crippen LogP contribution >= 0.6 is 15.9 Å². The average molecular weight is 408 g/mol. The van der Waals surface area contributed by atoms with Crippen LogP contribution < -0.4 is 9.47 Å². The SMILES string of the molecule is C#CCOc1c(Br)cc(/C=C(\C#N)c2nc3ccccc3[nH]2)cc1OC. The van der Waals surface area contributed by atoms with Gasteiger partial charge >= 0.3 is 0 Å². The molecule has 0 amide bonds. The molecule has 0 radical (unpaired) electrons. The lowest BCUT2D eigenvalue weighted by Gasteiger charge is -2.12. The van der Waals surface area contributed by atoms with E-state index in [-0.39, 0.29) is 6.61 Å². The Bertz CT molecular complexity index is 1040. The van der Waals surface area contributed by atoms with Crippen molar-refractivity contribution in [2.24, 2.45) is 0 Å². The van der Waals surface area contributed by atoms with E-state index in [1.165, 1.54) is 0 Å². The number of nitrogens with zero attached hydrogens (tertiary/aromatic N) is 2. The Labute approximate surface area is 159 Å². The van der Waals surface area contributed by atoms with Gasteiger partial charge in [-0.25, -0.2) is 4.98 Å². The molecule has 0 spiro atoms. The molecule has 0 atom stereocenters. The van der Waals surface area contributed by atoms with Gasteiger partial charge in [0.15, 0.2) is 11.5 Å². The third-order valence-corrected chi connectivity index (χ3v) is 4.22. The fourth-order valence-corrected chi connectivity index (χ4v) is 3.05. The van der Waals surface area contributed by atoms with Crippen LogP contribution in [0.25, 0.3) is 22.7 Å². The second kappa shape index (κ2) is 7.77.